The summed E-state index contributed by atoms with van der Waals surface area (Å²) in [5.74, 6) is 0.209. The normalized spacial score (nSPS) is 14.0. The number of nitrogens with one attached hydrogen (secondary N) is 1. The summed E-state index contributed by atoms with van der Waals surface area (Å²) in [6.45, 7) is 4.37. The molecule has 5 nitrogen and oxygen atoms in total. The standard InChI is InChI=1S/C20H24ClN3O2/c1-3-9-26-19-11-17(22)16(21)10-15(19)20(25)23-18-6-4-5-13-12-24(2)8-7-14(13)18/h4-6,10-11H,3,7-9,12,22H2,1-2H3,(H,23,25). The van der Waals surface area contributed by atoms with Crippen LogP contribution in [0.4, 0.5) is 11.4 Å². The van der Waals surface area contributed by atoms with E-state index in [1.807, 2.05) is 19.1 Å². The minimum absolute atomic E-state index is 0.245. The topological polar surface area (TPSA) is 67.6 Å². The average Bonchev–Trinajstić information content (AvgIpc) is 2.62. The van der Waals surface area contributed by atoms with E-state index in [0.29, 0.717) is 28.6 Å². The van der Waals surface area contributed by atoms with E-state index in [0.717, 1.165) is 31.6 Å². The lowest BCUT2D eigenvalue weighted by Crippen LogP contribution is -2.27. The number of amides is 1. The molecule has 0 aliphatic carbocycles. The second kappa shape index (κ2) is 7.98. The van der Waals surface area contributed by atoms with Gasteiger partial charge in [0, 0.05) is 24.8 Å². The van der Waals surface area contributed by atoms with Crippen molar-refractivity contribution in [2.45, 2.75) is 26.3 Å². The van der Waals surface area contributed by atoms with Crippen LogP contribution in [0.3, 0.4) is 0 Å². The van der Waals surface area contributed by atoms with Gasteiger partial charge in [0.1, 0.15) is 5.75 Å². The molecule has 3 N–H and O–H groups in total. The lowest BCUT2D eigenvalue weighted by Gasteiger charge is -2.27. The highest BCUT2D eigenvalue weighted by Crippen LogP contribution is 2.31. The van der Waals surface area contributed by atoms with Crippen LogP contribution in [0, 0.1) is 0 Å². The van der Waals surface area contributed by atoms with E-state index in [9.17, 15) is 4.79 Å². The lowest BCUT2D eigenvalue weighted by atomic mass is 9.98. The number of rotatable bonds is 5. The average molecular weight is 374 g/mol. The molecule has 1 aliphatic heterocycles. The van der Waals surface area contributed by atoms with E-state index in [4.69, 9.17) is 22.1 Å². The number of carbonyl (C=O) groups excluding carboxylic acids is 1. The van der Waals surface area contributed by atoms with E-state index in [1.165, 1.54) is 11.1 Å². The number of ether oxygens (including phenoxy) is 1. The second-order valence-electron chi connectivity index (χ2n) is 6.60. The molecule has 138 valence electrons. The Morgan fingerprint density at radius 1 is 1.38 bits per heavy atom. The van der Waals surface area contributed by atoms with Gasteiger partial charge in [-0.05, 0) is 43.1 Å². The van der Waals surface area contributed by atoms with Gasteiger partial charge in [-0.1, -0.05) is 30.7 Å². The maximum Gasteiger partial charge on any atom is 0.259 e. The van der Waals surface area contributed by atoms with E-state index < -0.39 is 0 Å². The molecule has 0 aromatic heterocycles. The zero-order chi connectivity index (χ0) is 18.7. The van der Waals surface area contributed by atoms with Crippen molar-refractivity contribution in [2.24, 2.45) is 0 Å². The van der Waals surface area contributed by atoms with Crippen molar-refractivity contribution in [1.29, 1.82) is 0 Å². The van der Waals surface area contributed by atoms with Crippen LogP contribution in [0.2, 0.25) is 5.02 Å². The number of fused-ring (bicyclic) bond motifs is 1. The van der Waals surface area contributed by atoms with Gasteiger partial charge in [-0.15, -0.1) is 0 Å². The first kappa shape index (κ1) is 18.5. The molecule has 1 heterocycles. The van der Waals surface area contributed by atoms with Gasteiger partial charge in [0.05, 0.1) is 22.9 Å². The van der Waals surface area contributed by atoms with Crippen LogP contribution in [0.5, 0.6) is 5.75 Å². The molecule has 0 saturated heterocycles. The Balaban J connectivity index is 1.89. The van der Waals surface area contributed by atoms with E-state index in [1.54, 1.807) is 12.1 Å². The third kappa shape index (κ3) is 3.94. The third-order valence-corrected chi connectivity index (χ3v) is 4.84. The van der Waals surface area contributed by atoms with Crippen LogP contribution < -0.4 is 15.8 Å². The number of carbonyl (C=O) groups is 1. The SMILES string of the molecule is CCCOc1cc(N)c(Cl)cc1C(=O)Nc1cccc2c1CCN(C)C2. The molecule has 1 aliphatic rings. The van der Waals surface area contributed by atoms with Crippen molar-refractivity contribution in [2.75, 3.05) is 31.2 Å². The number of hydrogen-bond donors (Lipinski definition) is 2. The molecule has 0 radical (unpaired) electrons. The minimum atomic E-state index is -0.245. The van der Waals surface area contributed by atoms with E-state index in [-0.39, 0.29) is 5.91 Å². The first-order valence-corrected chi connectivity index (χ1v) is 9.20. The third-order valence-electron chi connectivity index (χ3n) is 4.51. The van der Waals surface area contributed by atoms with E-state index >= 15 is 0 Å². The molecule has 6 heteroatoms. The maximum absolute atomic E-state index is 12.9. The number of anilines is 2. The summed E-state index contributed by atoms with van der Waals surface area (Å²) in [6.07, 6.45) is 1.74. The number of nitrogen functional groups attached to an aromatic ring is 1. The Bertz CT molecular complexity index is 823. The Kier molecular flexibility index (Phi) is 5.69. The van der Waals surface area contributed by atoms with Gasteiger partial charge in [0.15, 0.2) is 0 Å². The minimum Gasteiger partial charge on any atom is -0.493 e. The number of likely N-dealkylation sites (N-methyl/N-ethyl adjacent to an activating group) is 1. The smallest absolute Gasteiger partial charge is 0.259 e. The quantitative estimate of drug-likeness (QED) is 0.778. The first-order chi connectivity index (χ1) is 12.5. The van der Waals surface area contributed by atoms with Gasteiger partial charge in [0.2, 0.25) is 0 Å². The van der Waals surface area contributed by atoms with E-state index in [2.05, 4.69) is 23.3 Å². The van der Waals surface area contributed by atoms with Crippen molar-refractivity contribution in [3.8, 4) is 5.75 Å². The molecule has 26 heavy (non-hydrogen) atoms. The van der Waals surface area contributed by atoms with Crippen molar-refractivity contribution < 1.29 is 9.53 Å². The predicted molar refractivity (Wildman–Crippen MR) is 106 cm³/mol. The van der Waals surface area contributed by atoms with Crippen molar-refractivity contribution in [1.82, 2.24) is 4.90 Å². The molecule has 0 bridgehead atoms. The van der Waals surface area contributed by atoms with Crippen LogP contribution in [-0.4, -0.2) is 31.0 Å². The van der Waals surface area contributed by atoms with Crippen molar-refractivity contribution in [3.05, 3.63) is 52.0 Å². The summed E-state index contributed by atoms with van der Waals surface area (Å²) in [4.78, 5) is 15.2. The van der Waals surface area contributed by atoms with Crippen LogP contribution in [0.1, 0.15) is 34.8 Å². The fraction of sp³-hybridized carbons (Fsp3) is 0.350. The first-order valence-electron chi connectivity index (χ1n) is 8.82. The second-order valence-corrected chi connectivity index (χ2v) is 7.01. The molecule has 0 fully saturated rings. The molecule has 3 rings (SSSR count). The van der Waals surface area contributed by atoms with Gasteiger partial charge in [0.25, 0.3) is 5.91 Å². The number of nitrogens with two attached hydrogens (primary N) is 1. The molecule has 0 atom stereocenters. The molecular weight excluding hydrogens is 350 g/mol. The van der Waals surface area contributed by atoms with Crippen molar-refractivity contribution in [3.63, 3.8) is 0 Å². The Labute approximate surface area is 159 Å². The molecule has 0 unspecified atom stereocenters. The Hall–Kier alpha value is -2.24. The summed E-state index contributed by atoms with van der Waals surface area (Å²) in [5.41, 5.74) is 9.94. The summed E-state index contributed by atoms with van der Waals surface area (Å²) in [5, 5.41) is 3.37. The Morgan fingerprint density at radius 2 is 2.19 bits per heavy atom. The molecule has 0 saturated carbocycles. The van der Waals surface area contributed by atoms with Crippen LogP contribution in [0.25, 0.3) is 0 Å². The maximum atomic E-state index is 12.9. The highest BCUT2D eigenvalue weighted by molar-refractivity contribution is 6.33. The van der Waals surface area contributed by atoms with Crippen LogP contribution in [0.15, 0.2) is 30.3 Å². The fourth-order valence-electron chi connectivity index (χ4n) is 3.14. The lowest BCUT2D eigenvalue weighted by molar-refractivity contribution is 0.102. The number of nitrogens with zero attached hydrogens (tertiary/aromatic N) is 1. The highest BCUT2D eigenvalue weighted by atomic mass is 35.5. The zero-order valence-corrected chi connectivity index (χ0v) is 15.9. The molecule has 0 spiro atoms. The highest BCUT2D eigenvalue weighted by Gasteiger charge is 2.20. The summed E-state index contributed by atoms with van der Waals surface area (Å²) in [6, 6.07) is 9.20. The van der Waals surface area contributed by atoms with Gasteiger partial charge < -0.3 is 20.7 Å². The summed E-state index contributed by atoms with van der Waals surface area (Å²) >= 11 is 6.13. The van der Waals surface area contributed by atoms with Gasteiger partial charge in [-0.25, -0.2) is 0 Å². The number of halogens is 1. The Morgan fingerprint density at radius 3 is 2.96 bits per heavy atom. The predicted octanol–water partition coefficient (Wildman–Crippen LogP) is 3.95. The molecule has 2 aromatic rings. The number of benzene rings is 2. The largest absolute Gasteiger partial charge is 0.493 e. The fourth-order valence-corrected chi connectivity index (χ4v) is 3.30. The van der Waals surface area contributed by atoms with Gasteiger partial charge in [-0.2, -0.15) is 0 Å². The van der Waals surface area contributed by atoms with Gasteiger partial charge >= 0.3 is 0 Å². The summed E-state index contributed by atoms with van der Waals surface area (Å²) in [7, 11) is 2.10. The number of hydrogen-bond acceptors (Lipinski definition) is 4. The van der Waals surface area contributed by atoms with Crippen LogP contribution in [-0.2, 0) is 13.0 Å². The monoisotopic (exact) mass is 373 g/mol. The zero-order valence-electron chi connectivity index (χ0n) is 15.1. The van der Waals surface area contributed by atoms with Crippen molar-refractivity contribution >= 4 is 28.9 Å². The summed E-state index contributed by atoms with van der Waals surface area (Å²) < 4.78 is 5.70. The van der Waals surface area contributed by atoms with Gasteiger partial charge in [-0.3, -0.25) is 4.79 Å². The molecule has 1 amide bonds. The molecular formula is C20H24ClN3O2. The molecule has 2 aromatic carbocycles. The van der Waals surface area contributed by atoms with Crippen LogP contribution >= 0.6 is 11.6 Å².